The fourth-order valence-electron chi connectivity index (χ4n) is 3.91. The van der Waals surface area contributed by atoms with Crippen molar-refractivity contribution in [3.8, 4) is 11.5 Å². The molecule has 0 spiro atoms. The first kappa shape index (κ1) is 20.5. The van der Waals surface area contributed by atoms with Crippen molar-refractivity contribution < 1.29 is 23.8 Å². The van der Waals surface area contributed by atoms with Crippen LogP contribution in [-0.4, -0.2) is 31.8 Å². The minimum atomic E-state index is -0.787. The highest BCUT2D eigenvalue weighted by Crippen LogP contribution is 2.42. The second-order valence-electron chi connectivity index (χ2n) is 7.38. The maximum Gasteiger partial charge on any atom is 0.513 e. The number of methoxy groups -OCH3 is 1. The number of carbonyl (C=O) groups excluding carboxylic acids is 2. The summed E-state index contributed by atoms with van der Waals surface area (Å²) in [6, 6.07) is 11.1. The van der Waals surface area contributed by atoms with Gasteiger partial charge < -0.3 is 24.8 Å². The van der Waals surface area contributed by atoms with E-state index in [4.69, 9.17) is 9.47 Å². The van der Waals surface area contributed by atoms with Crippen molar-refractivity contribution in [3.05, 3.63) is 46.4 Å². The molecule has 158 valence electrons. The van der Waals surface area contributed by atoms with Gasteiger partial charge in [-0.15, -0.1) is 0 Å². The van der Waals surface area contributed by atoms with Crippen LogP contribution < -0.4 is 20.1 Å². The van der Waals surface area contributed by atoms with Crippen molar-refractivity contribution in [2.45, 2.75) is 37.7 Å². The van der Waals surface area contributed by atoms with E-state index in [-0.39, 0.29) is 5.91 Å². The van der Waals surface area contributed by atoms with E-state index in [2.05, 4.69) is 31.3 Å². The molecule has 0 bridgehead atoms. The normalized spacial score (nSPS) is 18.0. The van der Waals surface area contributed by atoms with E-state index >= 15 is 0 Å². The molecule has 0 radical (unpaired) electrons. The van der Waals surface area contributed by atoms with Gasteiger partial charge in [0.05, 0.1) is 25.0 Å². The molecule has 2 aromatic rings. The molecule has 1 unspecified atom stereocenters. The monoisotopic (exact) mass is 474 g/mol. The van der Waals surface area contributed by atoms with Gasteiger partial charge in [0.15, 0.2) is 6.10 Å². The maximum atomic E-state index is 12.8. The lowest BCUT2D eigenvalue weighted by Crippen LogP contribution is -2.41. The number of halogens is 1. The molecule has 1 aliphatic carbocycles. The van der Waals surface area contributed by atoms with E-state index in [0.29, 0.717) is 29.6 Å². The Morgan fingerprint density at radius 3 is 2.73 bits per heavy atom. The summed E-state index contributed by atoms with van der Waals surface area (Å²) >= 11 is 3.55. The summed E-state index contributed by atoms with van der Waals surface area (Å²) in [5, 5.41) is 6.08. The molecule has 1 atom stereocenters. The van der Waals surface area contributed by atoms with Gasteiger partial charge in [0, 0.05) is 10.5 Å². The number of nitrogens with one attached hydrogen (secondary N) is 2. The van der Waals surface area contributed by atoms with Gasteiger partial charge in [-0.3, -0.25) is 4.79 Å². The molecule has 1 aliphatic heterocycles. The maximum absolute atomic E-state index is 12.8. The summed E-state index contributed by atoms with van der Waals surface area (Å²) in [6.45, 7) is 0.353. The molecule has 8 heteroatoms. The zero-order valence-electron chi connectivity index (χ0n) is 16.6. The minimum Gasteiger partial charge on any atom is -0.477 e. The molecule has 4 rings (SSSR count). The second-order valence-corrected chi connectivity index (χ2v) is 8.23. The van der Waals surface area contributed by atoms with Crippen LogP contribution in [0.5, 0.6) is 11.5 Å². The first-order chi connectivity index (χ1) is 14.5. The lowest BCUT2D eigenvalue weighted by molar-refractivity contribution is -0.122. The number of hydrogen-bond donors (Lipinski definition) is 2. The zero-order valence-corrected chi connectivity index (χ0v) is 18.2. The van der Waals surface area contributed by atoms with Gasteiger partial charge in [-0.1, -0.05) is 25.0 Å². The SMILES string of the molecule is COC(=O)Oc1cc(NC(=O)C2CNc3ccccc3O2)c(Br)cc1C1CCCC1. The summed E-state index contributed by atoms with van der Waals surface area (Å²) < 4.78 is 16.6. The third kappa shape index (κ3) is 4.38. The summed E-state index contributed by atoms with van der Waals surface area (Å²) in [5.41, 5.74) is 2.30. The van der Waals surface area contributed by atoms with Gasteiger partial charge in [0.25, 0.3) is 5.91 Å². The van der Waals surface area contributed by atoms with Gasteiger partial charge >= 0.3 is 6.16 Å². The number of amides is 1. The Labute approximate surface area is 183 Å². The van der Waals surface area contributed by atoms with Crippen molar-refractivity contribution in [2.75, 3.05) is 24.3 Å². The Hall–Kier alpha value is -2.74. The van der Waals surface area contributed by atoms with Crippen LogP contribution in [0.3, 0.4) is 0 Å². The molecular formula is C22H23BrN2O5. The Kier molecular flexibility index (Phi) is 6.13. The topological polar surface area (TPSA) is 85.9 Å². The number of fused-ring (bicyclic) bond motifs is 1. The fourth-order valence-corrected chi connectivity index (χ4v) is 4.37. The molecule has 1 fully saturated rings. The number of hydrogen-bond acceptors (Lipinski definition) is 6. The fraction of sp³-hybridized carbons (Fsp3) is 0.364. The number of carbonyl (C=O) groups is 2. The number of anilines is 2. The largest absolute Gasteiger partial charge is 0.513 e. The standard InChI is InChI=1S/C22H23BrN2O5/c1-28-22(27)30-19-11-17(15(23)10-14(19)13-6-2-3-7-13)25-21(26)20-12-24-16-8-4-5-9-18(16)29-20/h4-5,8-11,13,20,24H,2-3,6-7,12H2,1H3,(H,25,26). The Morgan fingerprint density at radius 1 is 1.20 bits per heavy atom. The van der Waals surface area contributed by atoms with Crippen LogP contribution >= 0.6 is 15.9 Å². The number of para-hydroxylation sites is 2. The summed E-state index contributed by atoms with van der Waals surface area (Å²) in [7, 11) is 1.27. The van der Waals surface area contributed by atoms with E-state index in [1.807, 2.05) is 30.3 Å². The highest BCUT2D eigenvalue weighted by molar-refractivity contribution is 9.10. The molecule has 30 heavy (non-hydrogen) atoms. The van der Waals surface area contributed by atoms with Crippen LogP contribution in [0, 0.1) is 0 Å². The predicted octanol–water partition coefficient (Wildman–Crippen LogP) is 5.06. The lowest BCUT2D eigenvalue weighted by atomic mass is 9.96. The second kappa shape index (κ2) is 8.95. The quantitative estimate of drug-likeness (QED) is 0.475. The average molecular weight is 475 g/mol. The summed E-state index contributed by atoms with van der Waals surface area (Å²) in [4.78, 5) is 24.6. The number of rotatable bonds is 4. The van der Waals surface area contributed by atoms with E-state index in [0.717, 1.165) is 41.4 Å². The van der Waals surface area contributed by atoms with Gasteiger partial charge in [-0.2, -0.15) is 0 Å². The van der Waals surface area contributed by atoms with Crippen molar-refractivity contribution in [2.24, 2.45) is 0 Å². The molecule has 1 heterocycles. The summed E-state index contributed by atoms with van der Waals surface area (Å²) in [5.74, 6) is 1.05. The Morgan fingerprint density at radius 2 is 1.97 bits per heavy atom. The van der Waals surface area contributed by atoms with Crippen LogP contribution in [0.4, 0.5) is 16.2 Å². The van der Waals surface area contributed by atoms with Gasteiger partial charge in [0.1, 0.15) is 11.5 Å². The molecule has 2 aromatic carbocycles. The smallest absolute Gasteiger partial charge is 0.477 e. The molecule has 0 aromatic heterocycles. The van der Waals surface area contributed by atoms with Crippen molar-refractivity contribution >= 4 is 39.4 Å². The number of benzene rings is 2. The summed E-state index contributed by atoms with van der Waals surface area (Å²) in [6.07, 6.45) is 2.89. The first-order valence-corrected chi connectivity index (χ1v) is 10.7. The van der Waals surface area contributed by atoms with Crippen molar-refractivity contribution in [1.82, 2.24) is 0 Å². The van der Waals surface area contributed by atoms with Crippen LogP contribution in [0.1, 0.15) is 37.2 Å². The van der Waals surface area contributed by atoms with Gasteiger partial charge in [-0.05, 0) is 58.5 Å². The van der Waals surface area contributed by atoms with Crippen molar-refractivity contribution in [1.29, 1.82) is 0 Å². The highest BCUT2D eigenvalue weighted by Gasteiger charge is 2.28. The molecule has 7 nitrogen and oxygen atoms in total. The minimum absolute atomic E-state index is 0.296. The van der Waals surface area contributed by atoms with Crippen LogP contribution in [-0.2, 0) is 9.53 Å². The third-order valence-corrected chi connectivity index (χ3v) is 6.10. The zero-order chi connectivity index (χ0) is 21.1. The van der Waals surface area contributed by atoms with E-state index in [9.17, 15) is 9.59 Å². The molecule has 2 N–H and O–H groups in total. The molecule has 2 aliphatic rings. The first-order valence-electron chi connectivity index (χ1n) is 9.95. The van der Waals surface area contributed by atoms with Crippen LogP contribution in [0.2, 0.25) is 0 Å². The van der Waals surface area contributed by atoms with Crippen molar-refractivity contribution in [3.63, 3.8) is 0 Å². The average Bonchev–Trinajstić information content (AvgIpc) is 3.30. The van der Waals surface area contributed by atoms with Gasteiger partial charge in [-0.25, -0.2) is 4.79 Å². The molecule has 1 saturated carbocycles. The van der Waals surface area contributed by atoms with E-state index < -0.39 is 12.3 Å². The molecule has 0 saturated heterocycles. The molecule has 1 amide bonds. The third-order valence-electron chi connectivity index (χ3n) is 5.44. The van der Waals surface area contributed by atoms with E-state index in [1.165, 1.54) is 7.11 Å². The highest BCUT2D eigenvalue weighted by atomic mass is 79.9. The molecular weight excluding hydrogens is 452 g/mol. The Bertz CT molecular complexity index is 959. The van der Waals surface area contributed by atoms with Gasteiger partial charge in [0.2, 0.25) is 0 Å². The van der Waals surface area contributed by atoms with E-state index in [1.54, 1.807) is 6.07 Å². The lowest BCUT2D eigenvalue weighted by Gasteiger charge is -2.26. The predicted molar refractivity (Wildman–Crippen MR) is 116 cm³/mol. The number of ether oxygens (including phenoxy) is 3. The van der Waals surface area contributed by atoms with Crippen LogP contribution in [0.15, 0.2) is 40.9 Å². The van der Waals surface area contributed by atoms with Crippen LogP contribution in [0.25, 0.3) is 0 Å². The Balaban J connectivity index is 1.55.